The van der Waals surface area contributed by atoms with Gasteiger partial charge in [-0.25, -0.2) is 0 Å². The summed E-state index contributed by atoms with van der Waals surface area (Å²) in [5.74, 6) is 0. The van der Waals surface area contributed by atoms with E-state index in [0.717, 1.165) is 6.04 Å². The van der Waals surface area contributed by atoms with Crippen LogP contribution < -0.4 is 5.32 Å². The summed E-state index contributed by atoms with van der Waals surface area (Å²) in [6, 6.07) is 0.780. The number of hydrogen-bond acceptors (Lipinski definition) is 2. The number of rotatable bonds is 5. The topological polar surface area (TPSA) is 15.3 Å². The lowest BCUT2D eigenvalue weighted by Crippen LogP contribution is -2.42. The Morgan fingerprint density at radius 3 is 2.76 bits per heavy atom. The molecule has 98 valence electrons. The molecular weight excluding hydrogens is 208 g/mol. The van der Waals surface area contributed by atoms with Gasteiger partial charge in [0.05, 0.1) is 0 Å². The zero-order valence-electron chi connectivity index (χ0n) is 11.4. The molecule has 2 aliphatic rings. The maximum Gasteiger partial charge on any atom is 0.00915 e. The Kier molecular flexibility index (Phi) is 5.53. The van der Waals surface area contributed by atoms with E-state index in [-0.39, 0.29) is 0 Å². The first-order valence-electron chi connectivity index (χ1n) is 7.52. The van der Waals surface area contributed by atoms with Crippen molar-refractivity contribution in [2.75, 3.05) is 26.2 Å². The summed E-state index contributed by atoms with van der Waals surface area (Å²) in [5, 5.41) is 3.75. The number of nitrogens with zero attached hydrogens (tertiary/aromatic N) is 1. The fourth-order valence-corrected chi connectivity index (χ4v) is 3.02. The summed E-state index contributed by atoms with van der Waals surface area (Å²) >= 11 is 0. The van der Waals surface area contributed by atoms with Crippen LogP contribution in [0.2, 0.25) is 0 Å². The minimum absolute atomic E-state index is 0.780. The van der Waals surface area contributed by atoms with E-state index in [1.54, 1.807) is 5.57 Å². The van der Waals surface area contributed by atoms with Gasteiger partial charge in [0.25, 0.3) is 0 Å². The van der Waals surface area contributed by atoms with Gasteiger partial charge < -0.3 is 10.2 Å². The van der Waals surface area contributed by atoms with E-state index in [1.165, 1.54) is 71.1 Å². The molecular formula is C15H28N2. The summed E-state index contributed by atoms with van der Waals surface area (Å²) in [5.41, 5.74) is 1.70. The fraction of sp³-hybridized carbons (Fsp3) is 0.867. The van der Waals surface area contributed by atoms with Crippen LogP contribution in [0.15, 0.2) is 11.6 Å². The lowest BCUT2D eigenvalue weighted by Gasteiger charge is -2.31. The van der Waals surface area contributed by atoms with E-state index in [4.69, 9.17) is 0 Å². The molecule has 0 bridgehead atoms. The maximum atomic E-state index is 3.75. The van der Waals surface area contributed by atoms with Gasteiger partial charge in [0.1, 0.15) is 0 Å². The molecule has 1 fully saturated rings. The van der Waals surface area contributed by atoms with Crippen LogP contribution in [0.1, 0.15) is 51.9 Å². The van der Waals surface area contributed by atoms with Crippen LogP contribution >= 0.6 is 0 Å². The van der Waals surface area contributed by atoms with Crippen molar-refractivity contribution in [1.29, 1.82) is 0 Å². The Bertz CT molecular complexity index is 239. The number of allylic oxidation sites excluding steroid dienone is 1. The maximum absolute atomic E-state index is 3.75. The molecule has 0 amide bonds. The van der Waals surface area contributed by atoms with E-state index in [0.29, 0.717) is 0 Å². The third kappa shape index (κ3) is 4.44. The number of likely N-dealkylation sites (tertiary alicyclic amines) is 1. The summed E-state index contributed by atoms with van der Waals surface area (Å²) in [6.45, 7) is 7.26. The van der Waals surface area contributed by atoms with Crippen molar-refractivity contribution >= 4 is 0 Å². The van der Waals surface area contributed by atoms with E-state index < -0.39 is 0 Å². The van der Waals surface area contributed by atoms with Crippen molar-refractivity contribution in [3.63, 3.8) is 0 Å². The van der Waals surface area contributed by atoms with Gasteiger partial charge in [0, 0.05) is 6.04 Å². The molecule has 0 aromatic rings. The van der Waals surface area contributed by atoms with E-state index in [1.807, 2.05) is 0 Å². The second kappa shape index (κ2) is 7.17. The standard InChI is InChI=1S/C15H28N2/c1-2-17-12-9-15(10-13-17)16-11-8-14-6-4-3-5-7-14/h6,15-16H,2-5,7-13H2,1H3. The molecule has 1 aliphatic heterocycles. The van der Waals surface area contributed by atoms with Crippen molar-refractivity contribution < 1.29 is 0 Å². The fourth-order valence-electron chi connectivity index (χ4n) is 3.02. The van der Waals surface area contributed by atoms with Gasteiger partial charge in [-0.3, -0.25) is 0 Å². The van der Waals surface area contributed by atoms with Gasteiger partial charge in [-0.2, -0.15) is 0 Å². The van der Waals surface area contributed by atoms with Crippen LogP contribution in [0.25, 0.3) is 0 Å². The van der Waals surface area contributed by atoms with Crippen molar-refractivity contribution in [2.45, 2.75) is 57.9 Å². The molecule has 0 aromatic carbocycles. The first-order valence-corrected chi connectivity index (χ1v) is 7.52. The smallest absolute Gasteiger partial charge is 0.00915 e. The number of nitrogens with one attached hydrogen (secondary N) is 1. The highest BCUT2D eigenvalue weighted by Gasteiger charge is 2.17. The van der Waals surface area contributed by atoms with Gasteiger partial charge in [0.15, 0.2) is 0 Å². The Morgan fingerprint density at radius 2 is 2.12 bits per heavy atom. The second-order valence-corrected chi connectivity index (χ2v) is 5.52. The van der Waals surface area contributed by atoms with Gasteiger partial charge in [0.2, 0.25) is 0 Å². The molecule has 0 aromatic heterocycles. The zero-order chi connectivity index (χ0) is 11.9. The highest BCUT2D eigenvalue weighted by Crippen LogP contribution is 2.19. The van der Waals surface area contributed by atoms with E-state index in [9.17, 15) is 0 Å². The minimum Gasteiger partial charge on any atom is -0.314 e. The van der Waals surface area contributed by atoms with E-state index >= 15 is 0 Å². The lowest BCUT2D eigenvalue weighted by atomic mass is 9.97. The number of hydrogen-bond donors (Lipinski definition) is 1. The third-order valence-electron chi connectivity index (χ3n) is 4.30. The monoisotopic (exact) mass is 236 g/mol. The highest BCUT2D eigenvalue weighted by molar-refractivity contribution is 5.05. The van der Waals surface area contributed by atoms with Crippen molar-refractivity contribution in [3.8, 4) is 0 Å². The molecule has 2 rings (SSSR count). The molecule has 0 saturated carbocycles. The summed E-state index contributed by atoms with van der Waals surface area (Å²) in [4.78, 5) is 2.56. The van der Waals surface area contributed by atoms with Crippen LogP contribution in [-0.4, -0.2) is 37.1 Å². The molecule has 2 nitrogen and oxygen atoms in total. The predicted molar refractivity (Wildman–Crippen MR) is 74.3 cm³/mol. The first-order chi connectivity index (χ1) is 8.38. The molecule has 1 heterocycles. The Balaban J connectivity index is 1.58. The lowest BCUT2D eigenvalue weighted by molar-refractivity contribution is 0.207. The molecule has 0 atom stereocenters. The molecule has 1 aliphatic carbocycles. The number of piperidine rings is 1. The molecule has 0 radical (unpaired) electrons. The molecule has 1 saturated heterocycles. The van der Waals surface area contributed by atoms with Crippen LogP contribution in [0, 0.1) is 0 Å². The van der Waals surface area contributed by atoms with Crippen LogP contribution in [-0.2, 0) is 0 Å². The van der Waals surface area contributed by atoms with E-state index in [2.05, 4.69) is 23.2 Å². The average Bonchev–Trinajstić information content (AvgIpc) is 2.41. The molecule has 2 heteroatoms. The molecule has 17 heavy (non-hydrogen) atoms. The largest absolute Gasteiger partial charge is 0.314 e. The van der Waals surface area contributed by atoms with Crippen molar-refractivity contribution in [3.05, 3.63) is 11.6 Å². The Hall–Kier alpha value is -0.340. The zero-order valence-corrected chi connectivity index (χ0v) is 11.4. The normalized spacial score (nSPS) is 23.7. The molecule has 0 unspecified atom stereocenters. The molecule has 0 spiro atoms. The summed E-state index contributed by atoms with van der Waals surface area (Å²) in [7, 11) is 0. The van der Waals surface area contributed by atoms with Gasteiger partial charge in [-0.1, -0.05) is 18.6 Å². The minimum atomic E-state index is 0.780. The van der Waals surface area contributed by atoms with Gasteiger partial charge in [-0.15, -0.1) is 0 Å². The summed E-state index contributed by atoms with van der Waals surface area (Å²) in [6.07, 6.45) is 12.0. The van der Waals surface area contributed by atoms with Gasteiger partial charge in [-0.05, 0) is 71.1 Å². The van der Waals surface area contributed by atoms with Crippen molar-refractivity contribution in [2.24, 2.45) is 0 Å². The highest BCUT2D eigenvalue weighted by atomic mass is 15.1. The third-order valence-corrected chi connectivity index (χ3v) is 4.30. The van der Waals surface area contributed by atoms with Gasteiger partial charge >= 0.3 is 0 Å². The summed E-state index contributed by atoms with van der Waals surface area (Å²) < 4.78 is 0. The average molecular weight is 236 g/mol. The Labute approximate surface area is 106 Å². The predicted octanol–water partition coefficient (Wildman–Crippen LogP) is 2.95. The quantitative estimate of drug-likeness (QED) is 0.738. The Morgan fingerprint density at radius 1 is 1.29 bits per heavy atom. The molecule has 1 N–H and O–H groups in total. The van der Waals surface area contributed by atoms with Crippen LogP contribution in [0.5, 0.6) is 0 Å². The SMILES string of the molecule is CCN1CCC(NCCC2=CCCCC2)CC1. The van der Waals surface area contributed by atoms with Crippen LogP contribution in [0.3, 0.4) is 0 Å². The van der Waals surface area contributed by atoms with Crippen LogP contribution in [0.4, 0.5) is 0 Å². The first kappa shape index (κ1) is 13.1. The van der Waals surface area contributed by atoms with Crippen molar-refractivity contribution in [1.82, 2.24) is 10.2 Å². The second-order valence-electron chi connectivity index (χ2n) is 5.52.